The molecular formula is C9H11IN2. The van der Waals surface area contributed by atoms with Crippen LogP contribution in [-0.4, -0.2) is 13.1 Å². The number of hydrogen-bond donors (Lipinski definition) is 2. The molecule has 2 nitrogen and oxygen atoms in total. The molecule has 0 aromatic heterocycles. The summed E-state index contributed by atoms with van der Waals surface area (Å²) in [5, 5.41) is 3.25. The van der Waals surface area contributed by atoms with Crippen molar-refractivity contribution in [2.45, 2.75) is 5.92 Å². The SMILES string of the molecule is Nc1ccc(I)cc1C1CNC1. The fourth-order valence-electron chi connectivity index (χ4n) is 1.41. The van der Waals surface area contributed by atoms with Crippen LogP contribution in [0.25, 0.3) is 0 Å². The lowest BCUT2D eigenvalue weighted by molar-refractivity contribution is 0.449. The molecule has 0 unspecified atom stereocenters. The summed E-state index contributed by atoms with van der Waals surface area (Å²) in [6, 6.07) is 6.22. The zero-order chi connectivity index (χ0) is 8.55. The highest BCUT2D eigenvalue weighted by Crippen LogP contribution is 2.26. The number of rotatable bonds is 1. The molecule has 2 rings (SSSR count). The van der Waals surface area contributed by atoms with E-state index in [4.69, 9.17) is 5.73 Å². The fourth-order valence-corrected chi connectivity index (χ4v) is 1.92. The van der Waals surface area contributed by atoms with Crippen molar-refractivity contribution in [1.82, 2.24) is 5.32 Å². The molecular weight excluding hydrogens is 263 g/mol. The number of benzene rings is 1. The molecule has 0 saturated carbocycles. The van der Waals surface area contributed by atoms with Gasteiger partial charge in [0.15, 0.2) is 0 Å². The largest absolute Gasteiger partial charge is 0.398 e. The van der Waals surface area contributed by atoms with Gasteiger partial charge in [-0.25, -0.2) is 0 Å². The Kier molecular flexibility index (Phi) is 2.23. The van der Waals surface area contributed by atoms with Gasteiger partial charge in [0.1, 0.15) is 0 Å². The van der Waals surface area contributed by atoms with Crippen LogP contribution < -0.4 is 11.1 Å². The maximum Gasteiger partial charge on any atom is 0.0351 e. The van der Waals surface area contributed by atoms with Crippen molar-refractivity contribution in [1.29, 1.82) is 0 Å². The summed E-state index contributed by atoms with van der Waals surface area (Å²) in [6.07, 6.45) is 0. The van der Waals surface area contributed by atoms with Crippen LogP contribution in [0, 0.1) is 3.57 Å². The molecule has 0 radical (unpaired) electrons. The van der Waals surface area contributed by atoms with Gasteiger partial charge in [-0.15, -0.1) is 0 Å². The number of anilines is 1. The summed E-state index contributed by atoms with van der Waals surface area (Å²) in [7, 11) is 0. The Morgan fingerprint density at radius 1 is 1.42 bits per heavy atom. The molecule has 3 N–H and O–H groups in total. The standard InChI is InChI=1S/C9H11IN2/c10-7-1-2-9(11)8(3-7)6-4-12-5-6/h1-3,6,12H,4-5,11H2. The molecule has 0 amide bonds. The second-order valence-electron chi connectivity index (χ2n) is 3.13. The van der Waals surface area contributed by atoms with E-state index in [-0.39, 0.29) is 0 Å². The molecule has 1 saturated heterocycles. The fraction of sp³-hybridized carbons (Fsp3) is 0.333. The van der Waals surface area contributed by atoms with E-state index < -0.39 is 0 Å². The summed E-state index contributed by atoms with van der Waals surface area (Å²) in [5.41, 5.74) is 8.11. The van der Waals surface area contributed by atoms with Crippen molar-refractivity contribution in [2.75, 3.05) is 18.8 Å². The minimum Gasteiger partial charge on any atom is -0.398 e. The van der Waals surface area contributed by atoms with E-state index in [2.05, 4.69) is 34.0 Å². The van der Waals surface area contributed by atoms with Crippen LogP contribution in [-0.2, 0) is 0 Å². The Balaban J connectivity index is 2.34. The quantitative estimate of drug-likeness (QED) is 0.602. The van der Waals surface area contributed by atoms with Crippen molar-refractivity contribution < 1.29 is 0 Å². The van der Waals surface area contributed by atoms with Gasteiger partial charge in [-0.3, -0.25) is 0 Å². The van der Waals surface area contributed by atoms with Gasteiger partial charge in [-0.05, 0) is 46.4 Å². The second-order valence-corrected chi connectivity index (χ2v) is 4.37. The summed E-state index contributed by atoms with van der Waals surface area (Å²) < 4.78 is 1.27. The first-order valence-electron chi connectivity index (χ1n) is 4.03. The number of halogens is 1. The minimum absolute atomic E-state index is 0.639. The molecule has 12 heavy (non-hydrogen) atoms. The summed E-state index contributed by atoms with van der Waals surface area (Å²) >= 11 is 2.32. The molecule has 1 aromatic rings. The van der Waals surface area contributed by atoms with Gasteiger partial charge in [0, 0.05) is 28.3 Å². The predicted molar refractivity (Wildman–Crippen MR) is 59.2 cm³/mol. The molecule has 0 spiro atoms. The van der Waals surface area contributed by atoms with E-state index >= 15 is 0 Å². The van der Waals surface area contributed by atoms with E-state index in [0.29, 0.717) is 5.92 Å². The third kappa shape index (κ3) is 1.43. The third-order valence-corrected chi connectivity index (χ3v) is 2.94. The number of nitrogens with two attached hydrogens (primary N) is 1. The first-order chi connectivity index (χ1) is 5.77. The molecule has 0 atom stereocenters. The lowest BCUT2D eigenvalue weighted by Gasteiger charge is -2.28. The van der Waals surface area contributed by atoms with Crippen LogP contribution in [0.4, 0.5) is 5.69 Å². The molecule has 1 aliphatic heterocycles. The average Bonchev–Trinajstić information content (AvgIpc) is 1.93. The van der Waals surface area contributed by atoms with Crippen molar-refractivity contribution in [3.63, 3.8) is 0 Å². The Labute approximate surface area is 85.7 Å². The van der Waals surface area contributed by atoms with Crippen molar-refractivity contribution in [2.24, 2.45) is 0 Å². The monoisotopic (exact) mass is 274 g/mol. The van der Waals surface area contributed by atoms with E-state index in [1.165, 1.54) is 9.13 Å². The normalized spacial score (nSPS) is 17.4. The Bertz CT molecular complexity index is 295. The highest BCUT2D eigenvalue weighted by molar-refractivity contribution is 14.1. The highest BCUT2D eigenvalue weighted by Gasteiger charge is 2.20. The Morgan fingerprint density at radius 2 is 2.17 bits per heavy atom. The van der Waals surface area contributed by atoms with Gasteiger partial charge in [-0.2, -0.15) is 0 Å². The summed E-state index contributed by atoms with van der Waals surface area (Å²) in [6.45, 7) is 2.15. The van der Waals surface area contributed by atoms with Gasteiger partial charge in [0.05, 0.1) is 0 Å². The lowest BCUT2D eigenvalue weighted by Crippen LogP contribution is -2.40. The molecule has 1 aromatic carbocycles. The molecule has 64 valence electrons. The van der Waals surface area contributed by atoms with Crippen LogP contribution in [0.1, 0.15) is 11.5 Å². The van der Waals surface area contributed by atoms with Crippen LogP contribution in [0.15, 0.2) is 18.2 Å². The smallest absolute Gasteiger partial charge is 0.0351 e. The van der Waals surface area contributed by atoms with Gasteiger partial charge in [0.2, 0.25) is 0 Å². The molecule has 3 heteroatoms. The summed E-state index contributed by atoms with van der Waals surface area (Å²) in [4.78, 5) is 0. The maximum absolute atomic E-state index is 5.87. The second kappa shape index (κ2) is 3.22. The first kappa shape index (κ1) is 8.31. The molecule has 1 heterocycles. The van der Waals surface area contributed by atoms with E-state index in [9.17, 15) is 0 Å². The van der Waals surface area contributed by atoms with E-state index in [1.54, 1.807) is 0 Å². The average molecular weight is 274 g/mol. The van der Waals surface area contributed by atoms with Crippen molar-refractivity contribution in [3.05, 3.63) is 27.3 Å². The van der Waals surface area contributed by atoms with Crippen molar-refractivity contribution in [3.8, 4) is 0 Å². The molecule has 1 fully saturated rings. The predicted octanol–water partition coefficient (Wildman–Crippen LogP) is 1.56. The number of hydrogen-bond acceptors (Lipinski definition) is 2. The van der Waals surface area contributed by atoms with E-state index in [0.717, 1.165) is 18.8 Å². The van der Waals surface area contributed by atoms with Crippen molar-refractivity contribution >= 4 is 28.3 Å². The van der Waals surface area contributed by atoms with Gasteiger partial charge >= 0.3 is 0 Å². The molecule has 0 aliphatic carbocycles. The number of nitrogens with one attached hydrogen (secondary N) is 1. The zero-order valence-corrected chi connectivity index (χ0v) is 8.84. The van der Waals surface area contributed by atoms with Gasteiger partial charge in [0.25, 0.3) is 0 Å². The lowest BCUT2D eigenvalue weighted by atomic mass is 9.92. The minimum atomic E-state index is 0.639. The molecule has 0 bridgehead atoms. The van der Waals surface area contributed by atoms with Gasteiger partial charge < -0.3 is 11.1 Å². The topological polar surface area (TPSA) is 38.0 Å². The van der Waals surface area contributed by atoms with Crippen LogP contribution >= 0.6 is 22.6 Å². The van der Waals surface area contributed by atoms with Gasteiger partial charge in [-0.1, -0.05) is 0 Å². The van der Waals surface area contributed by atoms with Crippen LogP contribution in [0.5, 0.6) is 0 Å². The first-order valence-corrected chi connectivity index (χ1v) is 5.11. The Morgan fingerprint density at radius 3 is 2.75 bits per heavy atom. The summed E-state index contributed by atoms with van der Waals surface area (Å²) in [5.74, 6) is 0.639. The third-order valence-electron chi connectivity index (χ3n) is 2.27. The maximum atomic E-state index is 5.87. The molecule has 1 aliphatic rings. The van der Waals surface area contributed by atoms with E-state index in [1.807, 2.05) is 12.1 Å². The Hall–Kier alpha value is -0.290. The highest BCUT2D eigenvalue weighted by atomic mass is 127. The van der Waals surface area contributed by atoms with Crippen LogP contribution in [0.3, 0.4) is 0 Å². The van der Waals surface area contributed by atoms with Crippen LogP contribution in [0.2, 0.25) is 0 Å². The number of nitrogen functional groups attached to an aromatic ring is 1. The zero-order valence-electron chi connectivity index (χ0n) is 6.68.